The zero-order valence-electron chi connectivity index (χ0n) is 11.1. The lowest BCUT2D eigenvalue weighted by Gasteiger charge is -2.35. The molecule has 2 aliphatic carbocycles. The third-order valence-corrected chi connectivity index (χ3v) is 4.55. The Hall–Kier alpha value is -1.06. The van der Waals surface area contributed by atoms with Crippen molar-refractivity contribution < 1.29 is 14.7 Å². The van der Waals surface area contributed by atoms with E-state index < -0.39 is 11.9 Å². The number of amides is 1. The summed E-state index contributed by atoms with van der Waals surface area (Å²) in [6.45, 7) is 2.09. The number of aliphatic carboxylic acids is 1. The zero-order chi connectivity index (χ0) is 13.2. The predicted octanol–water partition coefficient (Wildman–Crippen LogP) is 2.33. The van der Waals surface area contributed by atoms with Gasteiger partial charge in [0.2, 0.25) is 5.91 Å². The molecule has 18 heavy (non-hydrogen) atoms. The number of hydrogen-bond donors (Lipinski definition) is 2. The van der Waals surface area contributed by atoms with Gasteiger partial charge in [0, 0.05) is 5.54 Å². The number of hydrogen-bond acceptors (Lipinski definition) is 2. The molecule has 1 amide bonds. The molecule has 2 rings (SSSR count). The fourth-order valence-electron chi connectivity index (χ4n) is 3.42. The number of carboxylic acids is 1. The monoisotopic (exact) mass is 253 g/mol. The lowest BCUT2D eigenvalue weighted by atomic mass is 9.82. The molecule has 0 heterocycles. The van der Waals surface area contributed by atoms with Crippen LogP contribution in [0.1, 0.15) is 58.3 Å². The molecular formula is C14H23NO3. The predicted molar refractivity (Wildman–Crippen MR) is 68.1 cm³/mol. The van der Waals surface area contributed by atoms with E-state index in [1.54, 1.807) is 0 Å². The van der Waals surface area contributed by atoms with Gasteiger partial charge in [-0.25, -0.2) is 0 Å². The van der Waals surface area contributed by atoms with Gasteiger partial charge in [0.1, 0.15) is 0 Å². The first-order valence-corrected chi connectivity index (χ1v) is 7.07. The van der Waals surface area contributed by atoms with E-state index in [1.165, 1.54) is 6.42 Å². The van der Waals surface area contributed by atoms with Gasteiger partial charge < -0.3 is 10.4 Å². The van der Waals surface area contributed by atoms with Gasteiger partial charge in [-0.2, -0.15) is 0 Å². The second-order valence-electron chi connectivity index (χ2n) is 6.09. The molecule has 4 heteroatoms. The van der Waals surface area contributed by atoms with Crippen molar-refractivity contribution in [1.29, 1.82) is 0 Å². The SMILES string of the molecule is CC1(NC(=O)C2CCCC2C(=O)O)CCCCC1. The Morgan fingerprint density at radius 1 is 1.06 bits per heavy atom. The standard InChI is InChI=1S/C14H23NO3/c1-14(8-3-2-4-9-14)15-12(16)10-6-5-7-11(10)13(17)18/h10-11H,2-9H2,1H3,(H,15,16)(H,17,18). The summed E-state index contributed by atoms with van der Waals surface area (Å²) < 4.78 is 0. The second kappa shape index (κ2) is 5.29. The molecule has 0 saturated heterocycles. The summed E-state index contributed by atoms with van der Waals surface area (Å²) in [6, 6.07) is 0. The topological polar surface area (TPSA) is 66.4 Å². The van der Waals surface area contributed by atoms with Crippen molar-refractivity contribution in [3.05, 3.63) is 0 Å². The molecule has 2 saturated carbocycles. The van der Waals surface area contributed by atoms with Gasteiger partial charge in [-0.05, 0) is 32.6 Å². The smallest absolute Gasteiger partial charge is 0.307 e. The zero-order valence-corrected chi connectivity index (χ0v) is 11.1. The highest BCUT2D eigenvalue weighted by Crippen LogP contribution is 2.34. The first kappa shape index (κ1) is 13.4. The fraction of sp³-hybridized carbons (Fsp3) is 0.857. The molecule has 0 radical (unpaired) electrons. The molecular weight excluding hydrogens is 230 g/mol. The van der Waals surface area contributed by atoms with Gasteiger partial charge >= 0.3 is 5.97 Å². The molecule has 2 unspecified atom stereocenters. The largest absolute Gasteiger partial charge is 0.481 e. The van der Waals surface area contributed by atoms with Crippen LogP contribution in [0.3, 0.4) is 0 Å². The quantitative estimate of drug-likeness (QED) is 0.811. The van der Waals surface area contributed by atoms with Gasteiger partial charge in [0.25, 0.3) is 0 Å². The second-order valence-corrected chi connectivity index (χ2v) is 6.09. The molecule has 2 aliphatic rings. The maximum atomic E-state index is 12.3. The van der Waals surface area contributed by atoms with Gasteiger partial charge in [0.05, 0.1) is 11.8 Å². The molecule has 0 aromatic rings. The molecule has 2 fully saturated rings. The van der Waals surface area contributed by atoms with E-state index in [2.05, 4.69) is 12.2 Å². The minimum atomic E-state index is -0.818. The molecule has 0 bridgehead atoms. The normalized spacial score (nSPS) is 30.9. The minimum Gasteiger partial charge on any atom is -0.481 e. The van der Waals surface area contributed by atoms with Crippen molar-refractivity contribution in [3.63, 3.8) is 0 Å². The molecule has 102 valence electrons. The summed E-state index contributed by atoms with van der Waals surface area (Å²) in [5, 5.41) is 12.2. The van der Waals surface area contributed by atoms with E-state index in [1.807, 2.05) is 0 Å². The van der Waals surface area contributed by atoms with E-state index >= 15 is 0 Å². The summed E-state index contributed by atoms with van der Waals surface area (Å²) in [5.74, 6) is -1.65. The van der Waals surface area contributed by atoms with Crippen molar-refractivity contribution in [1.82, 2.24) is 5.32 Å². The molecule has 4 nitrogen and oxygen atoms in total. The average Bonchev–Trinajstić information content (AvgIpc) is 2.78. The summed E-state index contributed by atoms with van der Waals surface area (Å²) in [5.41, 5.74) is -0.110. The summed E-state index contributed by atoms with van der Waals surface area (Å²) in [4.78, 5) is 23.4. The first-order valence-electron chi connectivity index (χ1n) is 7.07. The van der Waals surface area contributed by atoms with Crippen molar-refractivity contribution in [3.8, 4) is 0 Å². The van der Waals surface area contributed by atoms with Gasteiger partial charge in [-0.1, -0.05) is 25.7 Å². The van der Waals surface area contributed by atoms with Gasteiger partial charge in [-0.3, -0.25) is 9.59 Å². The van der Waals surface area contributed by atoms with Crippen LogP contribution in [0.4, 0.5) is 0 Å². The summed E-state index contributed by atoms with van der Waals surface area (Å²) in [7, 11) is 0. The maximum absolute atomic E-state index is 12.3. The number of carbonyl (C=O) groups excluding carboxylic acids is 1. The lowest BCUT2D eigenvalue weighted by Crippen LogP contribution is -2.50. The molecule has 0 aromatic carbocycles. The lowest BCUT2D eigenvalue weighted by molar-refractivity contribution is -0.146. The van der Waals surface area contributed by atoms with Crippen LogP contribution in [0.15, 0.2) is 0 Å². The van der Waals surface area contributed by atoms with Gasteiger partial charge in [-0.15, -0.1) is 0 Å². The Morgan fingerprint density at radius 3 is 2.28 bits per heavy atom. The van der Waals surface area contributed by atoms with E-state index in [-0.39, 0.29) is 17.4 Å². The minimum absolute atomic E-state index is 0.0377. The van der Waals surface area contributed by atoms with E-state index in [0.717, 1.165) is 38.5 Å². The highest BCUT2D eigenvalue weighted by Gasteiger charge is 2.40. The van der Waals surface area contributed by atoms with Crippen LogP contribution in [-0.2, 0) is 9.59 Å². The first-order chi connectivity index (χ1) is 8.52. The fourth-order valence-corrected chi connectivity index (χ4v) is 3.42. The maximum Gasteiger partial charge on any atom is 0.307 e. The molecule has 2 N–H and O–H groups in total. The highest BCUT2D eigenvalue weighted by molar-refractivity contribution is 5.85. The van der Waals surface area contributed by atoms with Crippen LogP contribution in [0.25, 0.3) is 0 Å². The van der Waals surface area contributed by atoms with Crippen LogP contribution in [0.5, 0.6) is 0 Å². The highest BCUT2D eigenvalue weighted by atomic mass is 16.4. The Labute approximate surface area is 108 Å². The Morgan fingerprint density at radius 2 is 1.67 bits per heavy atom. The Balaban J connectivity index is 1.96. The Bertz CT molecular complexity index is 334. The summed E-state index contributed by atoms with van der Waals surface area (Å²) >= 11 is 0. The van der Waals surface area contributed by atoms with E-state index in [0.29, 0.717) is 6.42 Å². The molecule has 0 aliphatic heterocycles. The third-order valence-electron chi connectivity index (χ3n) is 4.55. The molecule has 0 spiro atoms. The van der Waals surface area contributed by atoms with Crippen LogP contribution >= 0.6 is 0 Å². The molecule has 2 atom stereocenters. The van der Waals surface area contributed by atoms with E-state index in [4.69, 9.17) is 5.11 Å². The van der Waals surface area contributed by atoms with Crippen LogP contribution in [0, 0.1) is 11.8 Å². The van der Waals surface area contributed by atoms with Crippen molar-refractivity contribution >= 4 is 11.9 Å². The average molecular weight is 253 g/mol. The molecule has 0 aromatic heterocycles. The third kappa shape index (κ3) is 2.85. The summed E-state index contributed by atoms with van der Waals surface area (Å²) in [6.07, 6.45) is 7.81. The van der Waals surface area contributed by atoms with Crippen LogP contribution in [0.2, 0.25) is 0 Å². The van der Waals surface area contributed by atoms with Crippen LogP contribution < -0.4 is 5.32 Å². The van der Waals surface area contributed by atoms with Crippen molar-refractivity contribution in [2.75, 3.05) is 0 Å². The number of carbonyl (C=O) groups is 2. The van der Waals surface area contributed by atoms with Gasteiger partial charge in [0.15, 0.2) is 0 Å². The Kier molecular flexibility index (Phi) is 3.93. The van der Waals surface area contributed by atoms with E-state index in [9.17, 15) is 9.59 Å². The van der Waals surface area contributed by atoms with Crippen LogP contribution in [-0.4, -0.2) is 22.5 Å². The van der Waals surface area contributed by atoms with Crippen molar-refractivity contribution in [2.24, 2.45) is 11.8 Å². The number of rotatable bonds is 3. The number of carboxylic acid groups (broad SMARTS) is 1. The number of nitrogens with one attached hydrogen (secondary N) is 1. The van der Waals surface area contributed by atoms with Crippen molar-refractivity contribution in [2.45, 2.75) is 63.8 Å².